The minimum absolute atomic E-state index is 0.0597. The molecule has 0 spiro atoms. The van der Waals surface area contributed by atoms with Crippen LogP contribution in [0.2, 0.25) is 0 Å². The van der Waals surface area contributed by atoms with Gasteiger partial charge in [-0.15, -0.1) is 0 Å². The summed E-state index contributed by atoms with van der Waals surface area (Å²) in [6.07, 6.45) is 1.98. The molecule has 17 heavy (non-hydrogen) atoms. The van der Waals surface area contributed by atoms with Crippen molar-refractivity contribution in [2.45, 2.75) is 18.9 Å². The number of rotatable bonds is 4. The first-order chi connectivity index (χ1) is 8.13. The highest BCUT2D eigenvalue weighted by atomic mass is 79.9. The molecule has 1 aromatic carbocycles. The van der Waals surface area contributed by atoms with Gasteiger partial charge in [0.25, 0.3) is 0 Å². The van der Waals surface area contributed by atoms with E-state index in [1.54, 1.807) is 17.0 Å². The highest BCUT2D eigenvalue weighted by Crippen LogP contribution is 2.35. The highest BCUT2D eigenvalue weighted by molar-refractivity contribution is 9.10. The van der Waals surface area contributed by atoms with Crippen LogP contribution in [0.1, 0.15) is 18.4 Å². The predicted molar refractivity (Wildman–Crippen MR) is 66.9 cm³/mol. The summed E-state index contributed by atoms with van der Waals surface area (Å²) >= 11 is 3.31. The standard InChI is InChI=1S/C12H11BrN2O2/c13-10-2-1-3-11(9(10)6-14)15(7-12(16)17)8-4-5-8/h1-3,8H,4-5,7H2,(H,16,17). The van der Waals surface area contributed by atoms with Gasteiger partial charge in [-0.1, -0.05) is 6.07 Å². The average molecular weight is 295 g/mol. The quantitative estimate of drug-likeness (QED) is 0.926. The maximum Gasteiger partial charge on any atom is 0.323 e. The zero-order valence-corrected chi connectivity index (χ0v) is 10.6. The first-order valence-electron chi connectivity index (χ1n) is 5.30. The molecule has 0 radical (unpaired) electrons. The summed E-state index contributed by atoms with van der Waals surface area (Å²) in [4.78, 5) is 12.7. The number of anilines is 1. The number of aliphatic carboxylic acids is 1. The molecule has 0 aliphatic heterocycles. The minimum Gasteiger partial charge on any atom is -0.480 e. The van der Waals surface area contributed by atoms with E-state index in [2.05, 4.69) is 22.0 Å². The second kappa shape index (κ2) is 4.76. The Morgan fingerprint density at radius 2 is 2.29 bits per heavy atom. The van der Waals surface area contributed by atoms with Crippen LogP contribution in [0.15, 0.2) is 22.7 Å². The molecule has 0 amide bonds. The van der Waals surface area contributed by atoms with Crippen molar-refractivity contribution >= 4 is 27.6 Å². The molecule has 0 unspecified atom stereocenters. The molecule has 0 heterocycles. The molecule has 0 atom stereocenters. The molecular weight excluding hydrogens is 284 g/mol. The van der Waals surface area contributed by atoms with E-state index in [1.807, 2.05) is 6.07 Å². The van der Waals surface area contributed by atoms with Crippen molar-refractivity contribution < 1.29 is 9.90 Å². The third-order valence-electron chi connectivity index (χ3n) is 2.71. The lowest BCUT2D eigenvalue weighted by molar-refractivity contribution is -0.135. The van der Waals surface area contributed by atoms with E-state index in [1.165, 1.54) is 0 Å². The van der Waals surface area contributed by atoms with Crippen LogP contribution in [0.4, 0.5) is 5.69 Å². The number of carboxylic acids is 1. The van der Waals surface area contributed by atoms with Crippen LogP contribution in [0.3, 0.4) is 0 Å². The molecule has 0 bridgehead atoms. The molecule has 1 fully saturated rings. The van der Waals surface area contributed by atoms with Crippen molar-refractivity contribution in [1.29, 1.82) is 5.26 Å². The number of nitrogens with zero attached hydrogens (tertiary/aromatic N) is 2. The molecule has 1 aromatic rings. The fourth-order valence-corrected chi connectivity index (χ4v) is 2.25. The van der Waals surface area contributed by atoms with Crippen molar-refractivity contribution in [3.05, 3.63) is 28.2 Å². The van der Waals surface area contributed by atoms with Crippen LogP contribution in [-0.2, 0) is 4.79 Å². The highest BCUT2D eigenvalue weighted by Gasteiger charge is 2.32. The summed E-state index contributed by atoms with van der Waals surface area (Å²) in [5, 5.41) is 18.0. The molecule has 2 rings (SSSR count). The Balaban J connectivity index is 2.39. The zero-order valence-electron chi connectivity index (χ0n) is 9.06. The fraction of sp³-hybridized carbons (Fsp3) is 0.333. The number of carboxylic acid groups (broad SMARTS) is 1. The molecule has 0 aromatic heterocycles. The van der Waals surface area contributed by atoms with Crippen LogP contribution < -0.4 is 4.90 Å². The van der Waals surface area contributed by atoms with E-state index >= 15 is 0 Å². The monoisotopic (exact) mass is 294 g/mol. The molecule has 1 saturated carbocycles. The van der Waals surface area contributed by atoms with Gasteiger partial charge in [0.2, 0.25) is 0 Å². The molecule has 0 saturated heterocycles. The van der Waals surface area contributed by atoms with E-state index in [0.717, 1.165) is 12.8 Å². The van der Waals surface area contributed by atoms with Crippen LogP contribution in [0, 0.1) is 11.3 Å². The van der Waals surface area contributed by atoms with Gasteiger partial charge in [-0.3, -0.25) is 4.79 Å². The third kappa shape index (κ3) is 2.59. The lowest BCUT2D eigenvalue weighted by Crippen LogP contribution is -2.32. The number of hydrogen-bond acceptors (Lipinski definition) is 3. The SMILES string of the molecule is N#Cc1c(Br)cccc1N(CC(=O)O)C1CC1. The molecule has 1 aliphatic carbocycles. The lowest BCUT2D eigenvalue weighted by atomic mass is 10.1. The first-order valence-corrected chi connectivity index (χ1v) is 6.10. The van der Waals surface area contributed by atoms with Crippen LogP contribution >= 0.6 is 15.9 Å². The Morgan fingerprint density at radius 3 is 2.82 bits per heavy atom. The van der Waals surface area contributed by atoms with Gasteiger partial charge in [-0.25, -0.2) is 0 Å². The number of hydrogen-bond donors (Lipinski definition) is 1. The van der Waals surface area contributed by atoms with E-state index in [-0.39, 0.29) is 12.6 Å². The Morgan fingerprint density at radius 1 is 1.59 bits per heavy atom. The molecule has 1 N–H and O–H groups in total. The summed E-state index contributed by atoms with van der Waals surface area (Å²) in [5.74, 6) is -0.874. The summed E-state index contributed by atoms with van der Waals surface area (Å²) in [7, 11) is 0. The van der Waals surface area contributed by atoms with E-state index in [9.17, 15) is 4.79 Å². The maximum atomic E-state index is 10.9. The maximum absolute atomic E-state index is 10.9. The number of benzene rings is 1. The van der Waals surface area contributed by atoms with Gasteiger partial charge in [0, 0.05) is 10.5 Å². The van der Waals surface area contributed by atoms with Gasteiger partial charge >= 0.3 is 5.97 Å². The van der Waals surface area contributed by atoms with Gasteiger partial charge < -0.3 is 10.0 Å². The van der Waals surface area contributed by atoms with Crippen LogP contribution in [0.5, 0.6) is 0 Å². The number of nitriles is 1. The smallest absolute Gasteiger partial charge is 0.323 e. The summed E-state index contributed by atoms with van der Waals surface area (Å²) in [6.45, 7) is -0.0597. The average Bonchev–Trinajstić information content (AvgIpc) is 3.09. The normalized spacial score (nSPS) is 14.1. The van der Waals surface area contributed by atoms with Crippen molar-refractivity contribution in [3.8, 4) is 6.07 Å². The number of halogens is 1. The fourth-order valence-electron chi connectivity index (χ4n) is 1.81. The molecule has 1 aliphatic rings. The van der Waals surface area contributed by atoms with E-state index in [4.69, 9.17) is 10.4 Å². The molecule has 4 nitrogen and oxygen atoms in total. The van der Waals surface area contributed by atoms with Crippen molar-refractivity contribution in [3.63, 3.8) is 0 Å². The van der Waals surface area contributed by atoms with Crippen molar-refractivity contribution in [2.75, 3.05) is 11.4 Å². The topological polar surface area (TPSA) is 64.3 Å². The minimum atomic E-state index is -0.874. The molecule has 88 valence electrons. The second-order valence-corrected chi connectivity index (χ2v) is 4.85. The van der Waals surface area contributed by atoms with Gasteiger partial charge in [-0.2, -0.15) is 5.26 Å². The Labute approximate surface area is 108 Å². The predicted octanol–water partition coefficient (Wildman–Crippen LogP) is 2.37. The summed E-state index contributed by atoms with van der Waals surface area (Å²) in [6, 6.07) is 7.77. The van der Waals surface area contributed by atoms with Crippen LogP contribution in [0.25, 0.3) is 0 Å². The lowest BCUT2D eigenvalue weighted by Gasteiger charge is -2.23. The Bertz CT molecular complexity index is 492. The Kier molecular flexibility index (Phi) is 3.34. The zero-order chi connectivity index (χ0) is 12.4. The van der Waals surface area contributed by atoms with Gasteiger partial charge in [0.05, 0.1) is 11.3 Å². The Hall–Kier alpha value is -1.54. The van der Waals surface area contributed by atoms with Gasteiger partial charge in [0.1, 0.15) is 12.6 Å². The number of carbonyl (C=O) groups is 1. The summed E-state index contributed by atoms with van der Waals surface area (Å²) < 4.78 is 0.702. The second-order valence-electron chi connectivity index (χ2n) is 4.00. The van der Waals surface area contributed by atoms with Gasteiger partial charge in [-0.05, 0) is 40.9 Å². The van der Waals surface area contributed by atoms with Crippen LogP contribution in [-0.4, -0.2) is 23.7 Å². The van der Waals surface area contributed by atoms with Gasteiger partial charge in [0.15, 0.2) is 0 Å². The largest absolute Gasteiger partial charge is 0.480 e. The molecular formula is C12H11BrN2O2. The summed E-state index contributed by atoms with van der Waals surface area (Å²) in [5.41, 5.74) is 1.20. The van der Waals surface area contributed by atoms with Crippen molar-refractivity contribution in [1.82, 2.24) is 0 Å². The van der Waals surface area contributed by atoms with Crippen molar-refractivity contribution in [2.24, 2.45) is 0 Å². The van der Waals surface area contributed by atoms with E-state index < -0.39 is 5.97 Å². The third-order valence-corrected chi connectivity index (χ3v) is 3.37. The first kappa shape index (κ1) is 11.9. The molecule has 5 heteroatoms. The van der Waals surface area contributed by atoms with E-state index in [0.29, 0.717) is 15.7 Å².